The Hall–Kier alpha value is -3.88. The first-order chi connectivity index (χ1) is 14.4. The Morgan fingerprint density at radius 1 is 1.27 bits per heavy atom. The molecule has 1 aromatic heterocycles. The minimum absolute atomic E-state index is 0.0915. The largest absolute Gasteiger partial charge is 0.493 e. The molecule has 156 valence electrons. The van der Waals surface area contributed by atoms with Gasteiger partial charge in [-0.2, -0.15) is 0 Å². The number of hydrogen-bond donors (Lipinski definition) is 1. The van der Waals surface area contributed by atoms with Gasteiger partial charge in [0.05, 0.1) is 37.1 Å². The maximum atomic E-state index is 12.8. The van der Waals surface area contributed by atoms with Crippen LogP contribution in [-0.2, 0) is 0 Å². The highest BCUT2D eigenvalue weighted by molar-refractivity contribution is 5.99. The number of nitro benzene ring substituents is 1. The van der Waals surface area contributed by atoms with Crippen molar-refractivity contribution in [3.63, 3.8) is 0 Å². The van der Waals surface area contributed by atoms with Crippen molar-refractivity contribution < 1.29 is 19.2 Å². The van der Waals surface area contributed by atoms with E-state index < -0.39 is 10.8 Å². The summed E-state index contributed by atoms with van der Waals surface area (Å²) in [6.45, 7) is 3.91. The predicted molar refractivity (Wildman–Crippen MR) is 110 cm³/mol. The zero-order valence-electron chi connectivity index (χ0n) is 16.9. The molecule has 1 amide bonds. The van der Waals surface area contributed by atoms with Gasteiger partial charge in [0, 0.05) is 24.1 Å². The van der Waals surface area contributed by atoms with Crippen LogP contribution in [0, 0.1) is 10.1 Å². The number of rotatable bonds is 8. The van der Waals surface area contributed by atoms with E-state index in [1.807, 2.05) is 42.0 Å². The molecular weight excluding hydrogens is 388 g/mol. The molecule has 1 unspecified atom stereocenters. The second-order valence-electron chi connectivity index (χ2n) is 6.47. The predicted octanol–water partition coefficient (Wildman–Crippen LogP) is 3.68. The molecule has 0 saturated heterocycles. The number of ether oxygens (including phenoxy) is 2. The quantitative estimate of drug-likeness (QED) is 0.448. The first-order valence-electron chi connectivity index (χ1n) is 9.33. The summed E-state index contributed by atoms with van der Waals surface area (Å²) in [5.74, 6) is -0.104. The van der Waals surface area contributed by atoms with Crippen LogP contribution in [0.1, 0.15) is 35.8 Å². The number of nitro groups is 1. The number of nitrogens with zero attached hydrogens (tertiary/aromatic N) is 3. The fourth-order valence-electron chi connectivity index (χ4n) is 3.01. The SMILES string of the molecule is CCOc1cc(C(=O)NC(C)c2ccc(-n3ccnc3)cc2)c([N+](=O)[O-])cc1OC. The van der Waals surface area contributed by atoms with Crippen molar-refractivity contribution in [2.24, 2.45) is 0 Å². The number of amides is 1. The molecule has 0 bridgehead atoms. The van der Waals surface area contributed by atoms with E-state index in [1.54, 1.807) is 19.4 Å². The minimum Gasteiger partial charge on any atom is -0.493 e. The van der Waals surface area contributed by atoms with Gasteiger partial charge in [-0.25, -0.2) is 4.98 Å². The summed E-state index contributed by atoms with van der Waals surface area (Å²) < 4.78 is 12.5. The first kappa shape index (κ1) is 20.8. The molecule has 0 aliphatic rings. The van der Waals surface area contributed by atoms with Crippen molar-refractivity contribution in [1.82, 2.24) is 14.9 Å². The Labute approximate surface area is 173 Å². The molecular formula is C21H22N4O5. The molecule has 0 radical (unpaired) electrons. The number of carbonyl (C=O) groups is 1. The number of hydrogen-bond acceptors (Lipinski definition) is 6. The molecule has 1 heterocycles. The Morgan fingerprint density at radius 3 is 2.57 bits per heavy atom. The van der Waals surface area contributed by atoms with Crippen molar-refractivity contribution >= 4 is 11.6 Å². The molecule has 9 heteroatoms. The summed E-state index contributed by atoms with van der Waals surface area (Å²) in [5, 5.41) is 14.3. The van der Waals surface area contributed by atoms with Crippen LogP contribution in [0.25, 0.3) is 5.69 Å². The van der Waals surface area contributed by atoms with E-state index in [2.05, 4.69) is 10.3 Å². The van der Waals surface area contributed by atoms with Crippen molar-refractivity contribution in [3.8, 4) is 17.2 Å². The van der Waals surface area contributed by atoms with Gasteiger partial charge in [0.25, 0.3) is 11.6 Å². The van der Waals surface area contributed by atoms with E-state index in [4.69, 9.17) is 9.47 Å². The highest BCUT2D eigenvalue weighted by Crippen LogP contribution is 2.35. The Bertz CT molecular complexity index is 1030. The lowest BCUT2D eigenvalue weighted by atomic mass is 10.1. The zero-order chi connectivity index (χ0) is 21.7. The molecule has 0 saturated carbocycles. The van der Waals surface area contributed by atoms with E-state index in [1.165, 1.54) is 19.2 Å². The number of imidazole rings is 1. The van der Waals surface area contributed by atoms with Crippen LogP contribution in [0.3, 0.4) is 0 Å². The van der Waals surface area contributed by atoms with Gasteiger partial charge < -0.3 is 19.4 Å². The monoisotopic (exact) mass is 410 g/mol. The van der Waals surface area contributed by atoms with Crippen LogP contribution in [0.15, 0.2) is 55.1 Å². The topological polar surface area (TPSA) is 109 Å². The normalized spacial score (nSPS) is 11.6. The second kappa shape index (κ2) is 9.08. The fraction of sp³-hybridized carbons (Fsp3) is 0.238. The molecule has 0 aliphatic carbocycles. The summed E-state index contributed by atoms with van der Waals surface area (Å²) in [6, 6.07) is 9.75. The van der Waals surface area contributed by atoms with E-state index in [0.717, 1.165) is 11.3 Å². The van der Waals surface area contributed by atoms with Crippen LogP contribution in [-0.4, -0.2) is 34.1 Å². The Morgan fingerprint density at radius 2 is 2.00 bits per heavy atom. The van der Waals surface area contributed by atoms with Crippen LogP contribution < -0.4 is 14.8 Å². The van der Waals surface area contributed by atoms with Gasteiger partial charge in [-0.15, -0.1) is 0 Å². The third kappa shape index (κ3) is 4.40. The minimum atomic E-state index is -0.613. The highest BCUT2D eigenvalue weighted by atomic mass is 16.6. The molecule has 0 spiro atoms. The van der Waals surface area contributed by atoms with Crippen LogP contribution in [0.5, 0.6) is 11.5 Å². The standard InChI is InChI=1S/C21H22N4O5/c1-4-30-20-11-17(18(25(27)28)12-19(20)29-3)21(26)23-14(2)15-5-7-16(8-6-15)24-10-9-22-13-24/h5-14H,4H2,1-3H3,(H,23,26). The number of nitrogens with one attached hydrogen (secondary N) is 1. The summed E-state index contributed by atoms with van der Waals surface area (Å²) in [4.78, 5) is 27.7. The van der Waals surface area contributed by atoms with Crippen molar-refractivity contribution in [1.29, 1.82) is 0 Å². The highest BCUT2D eigenvalue weighted by Gasteiger charge is 2.25. The summed E-state index contributed by atoms with van der Waals surface area (Å²) in [7, 11) is 1.39. The van der Waals surface area contributed by atoms with Gasteiger partial charge in [0.15, 0.2) is 11.5 Å². The average molecular weight is 410 g/mol. The molecule has 30 heavy (non-hydrogen) atoms. The van der Waals surface area contributed by atoms with Gasteiger partial charge in [-0.3, -0.25) is 14.9 Å². The molecule has 3 aromatic rings. The second-order valence-corrected chi connectivity index (χ2v) is 6.47. The number of carbonyl (C=O) groups excluding carboxylic acids is 1. The lowest BCUT2D eigenvalue weighted by Crippen LogP contribution is -2.27. The van der Waals surface area contributed by atoms with Gasteiger partial charge in [0.1, 0.15) is 5.56 Å². The van der Waals surface area contributed by atoms with E-state index in [-0.39, 0.29) is 28.8 Å². The molecule has 3 rings (SSSR count). The molecule has 1 atom stereocenters. The van der Waals surface area contributed by atoms with E-state index in [9.17, 15) is 14.9 Å². The molecule has 1 N–H and O–H groups in total. The van der Waals surface area contributed by atoms with Crippen LogP contribution in [0.2, 0.25) is 0 Å². The number of methoxy groups -OCH3 is 1. The number of aromatic nitrogens is 2. The maximum absolute atomic E-state index is 12.8. The molecule has 2 aromatic carbocycles. The molecule has 9 nitrogen and oxygen atoms in total. The Kier molecular flexibility index (Phi) is 6.31. The van der Waals surface area contributed by atoms with Crippen molar-refractivity contribution in [3.05, 3.63) is 76.4 Å². The fourth-order valence-corrected chi connectivity index (χ4v) is 3.01. The lowest BCUT2D eigenvalue weighted by molar-refractivity contribution is -0.385. The maximum Gasteiger partial charge on any atom is 0.286 e. The third-order valence-electron chi connectivity index (χ3n) is 4.57. The van der Waals surface area contributed by atoms with Gasteiger partial charge in [0.2, 0.25) is 0 Å². The number of benzene rings is 2. The summed E-state index contributed by atoms with van der Waals surface area (Å²) >= 11 is 0. The van der Waals surface area contributed by atoms with Crippen LogP contribution >= 0.6 is 0 Å². The van der Waals surface area contributed by atoms with Gasteiger partial charge >= 0.3 is 0 Å². The van der Waals surface area contributed by atoms with Gasteiger partial charge in [-0.1, -0.05) is 12.1 Å². The zero-order valence-corrected chi connectivity index (χ0v) is 16.9. The summed E-state index contributed by atoms with van der Waals surface area (Å²) in [6.07, 6.45) is 5.22. The Balaban J connectivity index is 1.83. The van der Waals surface area contributed by atoms with E-state index >= 15 is 0 Å². The average Bonchev–Trinajstić information content (AvgIpc) is 3.28. The molecule has 0 aliphatic heterocycles. The molecule has 0 fully saturated rings. The smallest absolute Gasteiger partial charge is 0.286 e. The first-order valence-corrected chi connectivity index (χ1v) is 9.33. The summed E-state index contributed by atoms with van der Waals surface area (Å²) in [5.41, 5.74) is 1.34. The third-order valence-corrected chi connectivity index (χ3v) is 4.57. The lowest BCUT2D eigenvalue weighted by Gasteiger charge is -2.16. The van der Waals surface area contributed by atoms with Crippen molar-refractivity contribution in [2.75, 3.05) is 13.7 Å². The van der Waals surface area contributed by atoms with Crippen LogP contribution in [0.4, 0.5) is 5.69 Å². The van der Waals surface area contributed by atoms with Gasteiger partial charge in [-0.05, 0) is 31.5 Å². The van der Waals surface area contributed by atoms with Crippen molar-refractivity contribution in [2.45, 2.75) is 19.9 Å². The van der Waals surface area contributed by atoms with E-state index in [0.29, 0.717) is 6.61 Å².